The van der Waals surface area contributed by atoms with Gasteiger partial charge in [0, 0.05) is 13.2 Å². The van der Waals surface area contributed by atoms with Gasteiger partial charge in [-0.25, -0.2) is 0 Å². The number of rotatable bonds is 5. The van der Waals surface area contributed by atoms with Crippen molar-refractivity contribution in [3.8, 4) is 0 Å². The third-order valence-corrected chi connectivity index (χ3v) is 3.90. The van der Waals surface area contributed by atoms with Crippen LogP contribution in [0, 0.1) is 0 Å². The number of aliphatic hydroxyl groups is 1. The molecule has 1 atom stereocenters. The summed E-state index contributed by atoms with van der Waals surface area (Å²) < 4.78 is 1.63. The van der Waals surface area contributed by atoms with E-state index in [2.05, 4.69) is 10.4 Å². The minimum Gasteiger partial charge on any atom is -0.384 e. The largest absolute Gasteiger partial charge is 0.384 e. The lowest BCUT2D eigenvalue weighted by Gasteiger charge is -2.22. The molecule has 5 nitrogen and oxygen atoms in total. The second-order valence-electron chi connectivity index (χ2n) is 4.99. The maximum Gasteiger partial charge on any atom is 0.254 e. The van der Waals surface area contributed by atoms with Crippen LogP contribution in [0.1, 0.15) is 35.5 Å². The highest BCUT2D eigenvalue weighted by atomic mass is 32.1. The first-order chi connectivity index (χ1) is 9.44. The molecule has 0 saturated carbocycles. The molecule has 1 amide bonds. The first-order valence-corrected chi connectivity index (χ1v) is 7.44. The fourth-order valence-corrected chi connectivity index (χ4v) is 2.79. The summed E-state index contributed by atoms with van der Waals surface area (Å²) in [6, 6.07) is 1.86. The minimum atomic E-state index is -1.07. The van der Waals surface area contributed by atoms with Crippen LogP contribution < -0.4 is 5.32 Å². The van der Waals surface area contributed by atoms with Gasteiger partial charge >= 0.3 is 0 Å². The van der Waals surface area contributed by atoms with Gasteiger partial charge < -0.3 is 10.4 Å². The van der Waals surface area contributed by atoms with E-state index >= 15 is 0 Å². The lowest BCUT2D eigenvalue weighted by Crippen LogP contribution is -2.38. The molecule has 2 rings (SSSR count). The summed E-state index contributed by atoms with van der Waals surface area (Å²) in [4.78, 5) is 12.2. The fraction of sp³-hybridized carbons (Fsp3) is 0.429. The van der Waals surface area contributed by atoms with E-state index in [-0.39, 0.29) is 12.5 Å². The molecule has 2 aromatic heterocycles. The Hall–Kier alpha value is -1.66. The van der Waals surface area contributed by atoms with Crippen molar-refractivity contribution in [1.82, 2.24) is 15.1 Å². The topological polar surface area (TPSA) is 67.2 Å². The molecule has 0 spiro atoms. The molecule has 0 aliphatic carbocycles. The first kappa shape index (κ1) is 14.7. The Kier molecular flexibility index (Phi) is 4.25. The Bertz CT molecular complexity index is 588. The SMILES string of the molecule is CCc1nn(C)cc1C(=O)NCC(C)(O)c1ccsc1. The van der Waals surface area contributed by atoms with Crippen molar-refractivity contribution in [3.05, 3.63) is 39.8 Å². The van der Waals surface area contributed by atoms with Crippen molar-refractivity contribution in [1.29, 1.82) is 0 Å². The lowest BCUT2D eigenvalue weighted by molar-refractivity contribution is 0.0530. The van der Waals surface area contributed by atoms with Gasteiger partial charge in [0.25, 0.3) is 5.91 Å². The maximum atomic E-state index is 12.2. The Labute approximate surface area is 122 Å². The molecule has 1 unspecified atom stereocenters. The van der Waals surface area contributed by atoms with Gasteiger partial charge in [-0.15, -0.1) is 0 Å². The highest BCUT2D eigenvalue weighted by molar-refractivity contribution is 7.08. The summed E-state index contributed by atoms with van der Waals surface area (Å²) in [5, 5.41) is 21.2. The molecule has 0 bridgehead atoms. The van der Waals surface area contributed by atoms with Crippen molar-refractivity contribution in [2.24, 2.45) is 7.05 Å². The van der Waals surface area contributed by atoms with Crippen molar-refractivity contribution < 1.29 is 9.90 Å². The number of hydrogen-bond donors (Lipinski definition) is 2. The molecule has 0 radical (unpaired) electrons. The highest BCUT2D eigenvalue weighted by Gasteiger charge is 2.25. The van der Waals surface area contributed by atoms with Crippen LogP contribution in [0.15, 0.2) is 23.0 Å². The standard InChI is InChI=1S/C14H19N3O2S/c1-4-12-11(7-17(3)16-12)13(18)15-9-14(2,19)10-5-6-20-8-10/h5-8,19H,4,9H2,1-3H3,(H,15,18). The van der Waals surface area contributed by atoms with Gasteiger partial charge in [0.1, 0.15) is 5.60 Å². The van der Waals surface area contributed by atoms with Gasteiger partial charge in [-0.05, 0) is 35.7 Å². The summed E-state index contributed by atoms with van der Waals surface area (Å²) in [6.07, 6.45) is 2.40. The predicted molar refractivity (Wildman–Crippen MR) is 78.8 cm³/mol. The summed E-state index contributed by atoms with van der Waals surface area (Å²) in [5.74, 6) is -0.203. The normalized spacial score (nSPS) is 14.0. The number of carbonyl (C=O) groups excluding carboxylic acids is 1. The average molecular weight is 293 g/mol. The maximum absolute atomic E-state index is 12.2. The van der Waals surface area contributed by atoms with Crippen LogP contribution in [0.5, 0.6) is 0 Å². The van der Waals surface area contributed by atoms with Crippen LogP contribution in [-0.2, 0) is 19.1 Å². The van der Waals surface area contributed by atoms with Gasteiger partial charge in [-0.3, -0.25) is 9.48 Å². The van der Waals surface area contributed by atoms with Crippen molar-refractivity contribution in [3.63, 3.8) is 0 Å². The Balaban J connectivity index is 2.05. The van der Waals surface area contributed by atoms with Gasteiger partial charge in [0.15, 0.2) is 0 Å². The fourth-order valence-electron chi connectivity index (χ4n) is 2.01. The van der Waals surface area contributed by atoms with Crippen LogP contribution in [-0.4, -0.2) is 27.3 Å². The van der Waals surface area contributed by atoms with Crippen LogP contribution in [0.4, 0.5) is 0 Å². The van der Waals surface area contributed by atoms with Crippen molar-refractivity contribution in [2.75, 3.05) is 6.54 Å². The number of thiophene rings is 1. The predicted octanol–water partition coefficient (Wildman–Crippen LogP) is 1.68. The third kappa shape index (κ3) is 3.08. The minimum absolute atomic E-state index is 0.167. The second-order valence-corrected chi connectivity index (χ2v) is 5.77. The van der Waals surface area contributed by atoms with E-state index in [9.17, 15) is 9.90 Å². The molecule has 0 aromatic carbocycles. The number of aryl methyl sites for hydroxylation is 2. The Morgan fingerprint density at radius 2 is 2.35 bits per heavy atom. The molecule has 20 heavy (non-hydrogen) atoms. The second kappa shape index (κ2) is 5.76. The molecular formula is C14H19N3O2S. The van der Waals surface area contributed by atoms with E-state index in [0.717, 1.165) is 11.3 Å². The zero-order chi connectivity index (χ0) is 14.8. The van der Waals surface area contributed by atoms with Gasteiger partial charge in [-0.1, -0.05) is 6.92 Å². The molecule has 6 heteroatoms. The Morgan fingerprint density at radius 3 is 2.95 bits per heavy atom. The summed E-state index contributed by atoms with van der Waals surface area (Å²) in [5.41, 5.74) is 1.07. The summed E-state index contributed by atoms with van der Waals surface area (Å²) >= 11 is 1.52. The molecule has 0 aliphatic rings. The lowest BCUT2D eigenvalue weighted by atomic mass is 9.99. The molecule has 108 valence electrons. The van der Waals surface area contributed by atoms with Crippen molar-refractivity contribution >= 4 is 17.2 Å². The van der Waals surface area contributed by atoms with E-state index in [1.54, 1.807) is 24.9 Å². The quantitative estimate of drug-likeness (QED) is 0.881. The van der Waals surface area contributed by atoms with Crippen LogP contribution in [0.25, 0.3) is 0 Å². The molecule has 0 fully saturated rings. The monoisotopic (exact) mass is 293 g/mol. The van der Waals surface area contributed by atoms with Crippen LogP contribution >= 0.6 is 11.3 Å². The number of nitrogens with zero attached hydrogens (tertiary/aromatic N) is 2. The molecule has 2 aromatic rings. The zero-order valence-corrected chi connectivity index (χ0v) is 12.7. The summed E-state index contributed by atoms with van der Waals surface area (Å²) in [6.45, 7) is 3.82. The molecule has 2 N–H and O–H groups in total. The number of hydrogen-bond acceptors (Lipinski definition) is 4. The van der Waals surface area contributed by atoms with E-state index in [4.69, 9.17) is 0 Å². The van der Waals surface area contributed by atoms with Gasteiger partial charge in [-0.2, -0.15) is 16.4 Å². The van der Waals surface area contributed by atoms with E-state index in [1.807, 2.05) is 23.8 Å². The number of aromatic nitrogens is 2. The molecule has 2 heterocycles. The first-order valence-electron chi connectivity index (χ1n) is 6.50. The number of carbonyl (C=O) groups is 1. The molecule has 0 aliphatic heterocycles. The molecular weight excluding hydrogens is 274 g/mol. The third-order valence-electron chi connectivity index (χ3n) is 3.22. The van der Waals surface area contributed by atoms with Gasteiger partial charge in [0.05, 0.1) is 17.8 Å². The zero-order valence-electron chi connectivity index (χ0n) is 11.9. The number of amides is 1. The Morgan fingerprint density at radius 1 is 1.60 bits per heavy atom. The average Bonchev–Trinajstić information content (AvgIpc) is 3.05. The smallest absolute Gasteiger partial charge is 0.254 e. The highest BCUT2D eigenvalue weighted by Crippen LogP contribution is 2.22. The van der Waals surface area contributed by atoms with E-state index < -0.39 is 5.60 Å². The van der Waals surface area contributed by atoms with Gasteiger partial charge in [0.2, 0.25) is 0 Å². The van der Waals surface area contributed by atoms with Crippen molar-refractivity contribution in [2.45, 2.75) is 25.9 Å². The van der Waals surface area contributed by atoms with E-state index in [1.165, 1.54) is 11.3 Å². The van der Waals surface area contributed by atoms with Crippen LogP contribution in [0.2, 0.25) is 0 Å². The summed E-state index contributed by atoms with van der Waals surface area (Å²) in [7, 11) is 1.79. The number of nitrogens with one attached hydrogen (secondary N) is 1. The van der Waals surface area contributed by atoms with Crippen LogP contribution in [0.3, 0.4) is 0 Å². The molecule has 0 saturated heterocycles. The van der Waals surface area contributed by atoms with E-state index in [0.29, 0.717) is 12.0 Å².